The summed E-state index contributed by atoms with van der Waals surface area (Å²) in [5.74, 6) is 0. The second-order valence-corrected chi connectivity index (χ2v) is 6.68. The Kier molecular flexibility index (Phi) is 4.22. The van der Waals surface area contributed by atoms with Crippen molar-refractivity contribution in [2.45, 2.75) is 13.8 Å². The molecule has 26 heavy (non-hydrogen) atoms. The van der Waals surface area contributed by atoms with E-state index in [1.807, 2.05) is 24.3 Å². The minimum Gasteiger partial charge on any atom is -0.332 e. The Balaban J connectivity index is 1.69. The van der Waals surface area contributed by atoms with E-state index in [-0.39, 0.29) is 0 Å². The molecule has 0 fully saturated rings. The fraction of sp³-hybridized carbons (Fsp3) is 0.0952. The van der Waals surface area contributed by atoms with Crippen LogP contribution in [0.1, 0.15) is 11.1 Å². The van der Waals surface area contributed by atoms with Crippen LogP contribution in [0.2, 0.25) is 0 Å². The number of pyridine rings is 2. The highest BCUT2D eigenvalue weighted by Gasteiger charge is 2.09. The fourth-order valence-electron chi connectivity index (χ4n) is 3.00. The molecular weight excluding hydrogens is 340 g/mol. The van der Waals surface area contributed by atoms with Gasteiger partial charge >= 0.3 is 0 Å². The summed E-state index contributed by atoms with van der Waals surface area (Å²) in [6.45, 7) is 4.18. The number of aromatic nitrogens is 2. The zero-order valence-electron chi connectivity index (χ0n) is 14.6. The second kappa shape index (κ2) is 6.69. The number of benzene rings is 2. The number of rotatable bonds is 2. The molecule has 0 saturated carbocycles. The lowest BCUT2D eigenvalue weighted by Crippen LogP contribution is -2.19. The van der Waals surface area contributed by atoms with Crippen LogP contribution in [0.5, 0.6) is 0 Å². The van der Waals surface area contributed by atoms with Crippen LogP contribution in [0.3, 0.4) is 0 Å². The van der Waals surface area contributed by atoms with E-state index >= 15 is 0 Å². The summed E-state index contributed by atoms with van der Waals surface area (Å²) in [6.07, 6.45) is 3.58. The number of hydrogen-bond acceptors (Lipinski definition) is 3. The summed E-state index contributed by atoms with van der Waals surface area (Å²) in [6, 6.07) is 16.2. The summed E-state index contributed by atoms with van der Waals surface area (Å²) in [7, 11) is 0. The number of aryl methyl sites for hydroxylation is 2. The predicted octanol–water partition coefficient (Wildman–Crippen LogP) is 5.21. The Morgan fingerprint density at radius 3 is 2.42 bits per heavy atom. The van der Waals surface area contributed by atoms with Crippen molar-refractivity contribution in [2.24, 2.45) is 0 Å². The first kappa shape index (κ1) is 16.4. The maximum atomic E-state index is 5.51. The van der Waals surface area contributed by atoms with E-state index in [1.54, 1.807) is 12.4 Å². The quantitative estimate of drug-likeness (QED) is 0.380. The first-order valence-electron chi connectivity index (χ1n) is 8.39. The van der Waals surface area contributed by atoms with Gasteiger partial charge in [0.1, 0.15) is 0 Å². The van der Waals surface area contributed by atoms with E-state index in [1.165, 1.54) is 11.1 Å². The summed E-state index contributed by atoms with van der Waals surface area (Å²) >= 11 is 5.51. The lowest BCUT2D eigenvalue weighted by Gasteiger charge is -2.14. The van der Waals surface area contributed by atoms with Gasteiger partial charge in [-0.1, -0.05) is 18.2 Å². The molecule has 5 heteroatoms. The standard InChI is InChI=1S/C21H18N4S/c1-13-7-8-15(11-14(13)2)24-21(26)25-19-12-18-16(5-3-9-22-18)17-6-4-10-23-20(17)19/h3-12H,1-2H3,(H2,24,25,26). The van der Waals surface area contributed by atoms with Crippen molar-refractivity contribution in [1.29, 1.82) is 0 Å². The fourth-order valence-corrected chi connectivity index (χ4v) is 3.23. The molecule has 0 aliphatic rings. The van der Waals surface area contributed by atoms with Gasteiger partial charge in [0.25, 0.3) is 0 Å². The zero-order chi connectivity index (χ0) is 18.1. The van der Waals surface area contributed by atoms with Crippen molar-refractivity contribution in [3.05, 3.63) is 72.1 Å². The van der Waals surface area contributed by atoms with Gasteiger partial charge in [-0.2, -0.15) is 0 Å². The molecule has 128 valence electrons. The molecule has 0 radical (unpaired) electrons. The van der Waals surface area contributed by atoms with Crippen LogP contribution >= 0.6 is 12.2 Å². The van der Waals surface area contributed by atoms with E-state index in [9.17, 15) is 0 Å². The number of nitrogens with one attached hydrogen (secondary N) is 2. The van der Waals surface area contributed by atoms with Crippen LogP contribution in [0.25, 0.3) is 21.8 Å². The third-order valence-electron chi connectivity index (χ3n) is 4.49. The van der Waals surface area contributed by atoms with Gasteiger partial charge in [0, 0.05) is 28.9 Å². The summed E-state index contributed by atoms with van der Waals surface area (Å²) < 4.78 is 0. The van der Waals surface area contributed by atoms with E-state index < -0.39 is 0 Å². The average Bonchev–Trinajstić information content (AvgIpc) is 2.65. The topological polar surface area (TPSA) is 49.8 Å². The van der Waals surface area contributed by atoms with Crippen LogP contribution in [-0.2, 0) is 0 Å². The minimum atomic E-state index is 0.524. The molecule has 2 N–H and O–H groups in total. The second-order valence-electron chi connectivity index (χ2n) is 6.27. The summed E-state index contributed by atoms with van der Waals surface area (Å²) in [5.41, 5.74) is 6.06. The van der Waals surface area contributed by atoms with Crippen molar-refractivity contribution in [3.63, 3.8) is 0 Å². The van der Waals surface area contributed by atoms with Gasteiger partial charge in [0.2, 0.25) is 0 Å². The number of hydrogen-bond donors (Lipinski definition) is 2. The summed E-state index contributed by atoms with van der Waals surface area (Å²) in [5, 5.41) is 9.17. The third kappa shape index (κ3) is 3.09. The molecule has 2 heterocycles. The van der Waals surface area contributed by atoms with Gasteiger partial charge in [-0.15, -0.1) is 0 Å². The number of thiocarbonyl (C=S) groups is 1. The minimum absolute atomic E-state index is 0.524. The van der Waals surface area contributed by atoms with E-state index in [2.05, 4.69) is 58.7 Å². The van der Waals surface area contributed by atoms with Crippen molar-refractivity contribution in [2.75, 3.05) is 10.6 Å². The van der Waals surface area contributed by atoms with E-state index in [0.717, 1.165) is 33.2 Å². The summed E-state index contributed by atoms with van der Waals surface area (Å²) in [4.78, 5) is 9.01. The van der Waals surface area contributed by atoms with Crippen LogP contribution < -0.4 is 10.6 Å². The molecule has 4 rings (SSSR count). The number of fused-ring (bicyclic) bond motifs is 3. The number of nitrogens with zero attached hydrogens (tertiary/aromatic N) is 2. The first-order chi connectivity index (χ1) is 12.6. The highest BCUT2D eigenvalue weighted by molar-refractivity contribution is 7.80. The SMILES string of the molecule is Cc1ccc(NC(=S)Nc2cc3ncccc3c3cccnc23)cc1C. The Hall–Kier alpha value is -3.05. The van der Waals surface area contributed by atoms with Gasteiger partial charge in [-0.05, 0) is 67.5 Å². The highest BCUT2D eigenvalue weighted by atomic mass is 32.1. The lowest BCUT2D eigenvalue weighted by atomic mass is 10.1. The molecule has 4 aromatic rings. The Bertz CT molecular complexity index is 1140. The van der Waals surface area contributed by atoms with Crippen LogP contribution in [0.15, 0.2) is 60.9 Å². The maximum absolute atomic E-state index is 5.51. The molecule has 0 unspecified atom stereocenters. The van der Waals surface area contributed by atoms with Crippen molar-refractivity contribution >= 4 is 50.5 Å². The molecule has 0 bridgehead atoms. The van der Waals surface area contributed by atoms with Gasteiger partial charge in [0.05, 0.1) is 16.7 Å². The largest absolute Gasteiger partial charge is 0.332 e. The molecule has 2 aromatic carbocycles. The Morgan fingerprint density at radius 1 is 0.846 bits per heavy atom. The average molecular weight is 358 g/mol. The van der Waals surface area contributed by atoms with Gasteiger partial charge in [-0.3, -0.25) is 9.97 Å². The van der Waals surface area contributed by atoms with Gasteiger partial charge in [0.15, 0.2) is 5.11 Å². The molecule has 0 saturated heterocycles. The van der Waals surface area contributed by atoms with Crippen molar-refractivity contribution < 1.29 is 0 Å². The molecule has 0 atom stereocenters. The molecule has 0 spiro atoms. The zero-order valence-corrected chi connectivity index (χ0v) is 15.4. The van der Waals surface area contributed by atoms with Crippen LogP contribution in [0, 0.1) is 13.8 Å². The molecule has 0 amide bonds. The normalized spacial score (nSPS) is 10.8. The third-order valence-corrected chi connectivity index (χ3v) is 4.69. The highest BCUT2D eigenvalue weighted by Crippen LogP contribution is 2.29. The monoisotopic (exact) mass is 358 g/mol. The van der Waals surface area contributed by atoms with Crippen LogP contribution in [0.4, 0.5) is 11.4 Å². The molecule has 2 aromatic heterocycles. The van der Waals surface area contributed by atoms with Crippen molar-refractivity contribution in [1.82, 2.24) is 9.97 Å². The molecule has 0 aliphatic heterocycles. The Labute approximate surface area is 157 Å². The molecule has 0 aliphatic carbocycles. The van der Waals surface area contributed by atoms with E-state index in [0.29, 0.717) is 5.11 Å². The van der Waals surface area contributed by atoms with Gasteiger partial charge < -0.3 is 10.6 Å². The van der Waals surface area contributed by atoms with Gasteiger partial charge in [-0.25, -0.2) is 0 Å². The van der Waals surface area contributed by atoms with Crippen LogP contribution in [-0.4, -0.2) is 15.1 Å². The number of anilines is 2. The molecule has 4 nitrogen and oxygen atoms in total. The maximum Gasteiger partial charge on any atom is 0.175 e. The van der Waals surface area contributed by atoms with Crippen molar-refractivity contribution in [3.8, 4) is 0 Å². The molecular formula is C21H18N4S. The van der Waals surface area contributed by atoms with E-state index in [4.69, 9.17) is 12.2 Å². The smallest absolute Gasteiger partial charge is 0.175 e. The first-order valence-corrected chi connectivity index (χ1v) is 8.80. The predicted molar refractivity (Wildman–Crippen MR) is 113 cm³/mol. The Morgan fingerprint density at radius 2 is 1.62 bits per heavy atom. The lowest BCUT2D eigenvalue weighted by molar-refractivity contribution is 1.34.